The molecule has 0 unspecified atom stereocenters. The van der Waals surface area contributed by atoms with Crippen LogP contribution in [0.2, 0.25) is 0 Å². The third-order valence-electron chi connectivity index (χ3n) is 5.97. The Morgan fingerprint density at radius 2 is 1.89 bits per heavy atom. The van der Waals surface area contributed by atoms with Gasteiger partial charge >= 0.3 is 12.8 Å². The second-order valence-corrected chi connectivity index (χ2v) is 8.04. The number of hydrogen-bond acceptors (Lipinski definition) is 5. The number of hydrogen-bond donors (Lipinski definition) is 2. The molecule has 3 N–H and O–H groups in total. The van der Waals surface area contributed by atoms with Crippen LogP contribution in [0.3, 0.4) is 0 Å². The molecule has 1 aromatic heterocycles. The lowest BCUT2D eigenvalue weighted by molar-refractivity contribution is -0.272. The van der Waals surface area contributed by atoms with Crippen LogP contribution in [-0.4, -0.2) is 46.2 Å². The zero-order valence-corrected chi connectivity index (χ0v) is 18.4. The Hall–Kier alpha value is -3.62. The maximum absolute atomic E-state index is 14.4. The number of carbonyl (C=O) groups is 2. The first-order valence-electron chi connectivity index (χ1n) is 10.1. The van der Waals surface area contributed by atoms with Gasteiger partial charge in [-0.25, -0.2) is 9.38 Å². The first-order chi connectivity index (χ1) is 16.6. The fraction of sp³-hybridized carbons (Fsp3) is 0.381. The number of alkyl halides is 5. The van der Waals surface area contributed by atoms with Gasteiger partial charge in [0.2, 0.25) is 5.82 Å². The van der Waals surface area contributed by atoms with Gasteiger partial charge in [-0.15, -0.1) is 0 Å². The number of primary amides is 1. The average Bonchev–Trinajstić information content (AvgIpc) is 3.04. The summed E-state index contributed by atoms with van der Waals surface area (Å²) in [6.07, 6.45) is -6.35. The van der Waals surface area contributed by atoms with Crippen LogP contribution in [0, 0.1) is 17.6 Å². The molecule has 3 rings (SSSR count). The SMILES string of the molecule is C[C@@H]1[C@H](c2ccc(F)c(F)c2OC(F)F)[C@H](C(=O)N=c2ccn(O)c(C(N)=O)c2)O[C@]1(C)C(F)(F)F. The van der Waals surface area contributed by atoms with Crippen LogP contribution >= 0.6 is 0 Å². The van der Waals surface area contributed by atoms with Crippen molar-refractivity contribution in [3.05, 3.63) is 58.7 Å². The molecule has 0 spiro atoms. The summed E-state index contributed by atoms with van der Waals surface area (Å²) in [7, 11) is 0. The minimum Gasteiger partial charge on any atom is -0.431 e. The molecule has 8 nitrogen and oxygen atoms in total. The summed E-state index contributed by atoms with van der Waals surface area (Å²) in [6.45, 7) is -2.08. The van der Waals surface area contributed by atoms with Crippen molar-refractivity contribution in [2.24, 2.45) is 16.6 Å². The van der Waals surface area contributed by atoms with Gasteiger partial charge in [0.1, 0.15) is 11.8 Å². The Morgan fingerprint density at radius 1 is 1.25 bits per heavy atom. The molecule has 0 radical (unpaired) electrons. The zero-order valence-electron chi connectivity index (χ0n) is 18.4. The van der Waals surface area contributed by atoms with Gasteiger partial charge in [0.05, 0.1) is 5.36 Å². The van der Waals surface area contributed by atoms with Crippen molar-refractivity contribution in [3.8, 4) is 5.75 Å². The maximum Gasteiger partial charge on any atom is 0.417 e. The molecule has 2 heterocycles. The first kappa shape index (κ1) is 27.0. The lowest BCUT2D eigenvalue weighted by Gasteiger charge is -2.32. The molecule has 2 aromatic rings. The minimum absolute atomic E-state index is 0.304. The van der Waals surface area contributed by atoms with Crippen molar-refractivity contribution in [2.45, 2.75) is 44.3 Å². The van der Waals surface area contributed by atoms with Crippen LogP contribution in [0.5, 0.6) is 5.75 Å². The lowest BCUT2D eigenvalue weighted by atomic mass is 9.77. The second kappa shape index (κ2) is 9.44. The summed E-state index contributed by atoms with van der Waals surface area (Å²) >= 11 is 0. The van der Waals surface area contributed by atoms with Crippen molar-refractivity contribution in [3.63, 3.8) is 0 Å². The van der Waals surface area contributed by atoms with Crippen LogP contribution in [-0.2, 0) is 9.53 Å². The van der Waals surface area contributed by atoms with Crippen LogP contribution < -0.4 is 15.8 Å². The van der Waals surface area contributed by atoms with E-state index < -0.39 is 76.8 Å². The molecule has 1 fully saturated rings. The highest BCUT2D eigenvalue weighted by atomic mass is 19.4. The van der Waals surface area contributed by atoms with Gasteiger partial charge in [-0.05, 0) is 25.1 Å². The fourth-order valence-electron chi connectivity index (χ4n) is 3.95. The molecule has 0 aliphatic carbocycles. The van der Waals surface area contributed by atoms with E-state index >= 15 is 0 Å². The summed E-state index contributed by atoms with van der Waals surface area (Å²) in [4.78, 5) is 28.0. The Bertz CT molecular complexity index is 1260. The number of rotatable bonds is 5. The van der Waals surface area contributed by atoms with Crippen LogP contribution in [0.4, 0.5) is 30.7 Å². The molecular weight excluding hydrogens is 507 g/mol. The summed E-state index contributed by atoms with van der Waals surface area (Å²) in [5.41, 5.74) is 0.832. The summed E-state index contributed by atoms with van der Waals surface area (Å²) < 4.78 is 105. The van der Waals surface area contributed by atoms with Crippen molar-refractivity contribution in [1.29, 1.82) is 0 Å². The Balaban J connectivity index is 2.20. The van der Waals surface area contributed by atoms with E-state index in [2.05, 4.69) is 9.73 Å². The number of carbonyl (C=O) groups excluding carboxylic acids is 2. The molecule has 0 bridgehead atoms. The third-order valence-corrected chi connectivity index (χ3v) is 5.97. The molecule has 1 saturated heterocycles. The van der Waals surface area contributed by atoms with E-state index in [1.807, 2.05) is 0 Å². The topological polar surface area (TPSA) is 116 Å². The number of nitrogens with two attached hydrogens (primary N) is 1. The number of benzene rings is 1. The van der Waals surface area contributed by atoms with Crippen molar-refractivity contribution < 1.29 is 55.0 Å². The number of nitrogens with zero attached hydrogens (tertiary/aromatic N) is 2. The Labute approximate surface area is 197 Å². The largest absolute Gasteiger partial charge is 0.431 e. The predicted octanol–water partition coefficient (Wildman–Crippen LogP) is 3.27. The number of pyridine rings is 1. The zero-order chi connectivity index (χ0) is 27.2. The predicted molar refractivity (Wildman–Crippen MR) is 105 cm³/mol. The molecule has 36 heavy (non-hydrogen) atoms. The highest BCUT2D eigenvalue weighted by Crippen LogP contribution is 2.55. The average molecular weight is 525 g/mol. The number of aromatic nitrogens is 1. The van der Waals surface area contributed by atoms with E-state index in [4.69, 9.17) is 10.5 Å². The van der Waals surface area contributed by atoms with Crippen LogP contribution in [0.1, 0.15) is 35.8 Å². The first-order valence-corrected chi connectivity index (χ1v) is 10.1. The molecule has 196 valence electrons. The fourth-order valence-corrected chi connectivity index (χ4v) is 3.95. The van der Waals surface area contributed by atoms with Crippen LogP contribution in [0.25, 0.3) is 0 Å². The molecule has 0 saturated carbocycles. The van der Waals surface area contributed by atoms with E-state index in [0.29, 0.717) is 23.8 Å². The van der Waals surface area contributed by atoms with Gasteiger partial charge in [0, 0.05) is 23.6 Å². The molecule has 4 atom stereocenters. The van der Waals surface area contributed by atoms with E-state index in [-0.39, 0.29) is 5.36 Å². The lowest BCUT2D eigenvalue weighted by Crippen LogP contribution is -2.47. The smallest absolute Gasteiger partial charge is 0.417 e. The Morgan fingerprint density at radius 3 is 2.44 bits per heavy atom. The minimum atomic E-state index is -5.09. The normalized spacial score (nSPS) is 24.8. The monoisotopic (exact) mass is 525 g/mol. The second-order valence-electron chi connectivity index (χ2n) is 8.04. The van der Waals surface area contributed by atoms with Gasteiger partial charge < -0.3 is 20.4 Å². The molecule has 1 aliphatic heterocycles. The quantitative estimate of drug-likeness (QED) is 0.459. The van der Waals surface area contributed by atoms with Gasteiger partial charge in [0.25, 0.3) is 11.8 Å². The Kier molecular flexibility index (Phi) is 7.08. The highest BCUT2D eigenvalue weighted by Gasteiger charge is 2.66. The molecular formula is C21H18F7N3O5. The standard InChI is InChI=1S/C21H18F7N3O5/c1-8-13(10-3-4-11(22)14(23)15(10)35-19(24)25)16(36-20(8,2)21(26,27)28)18(33)30-9-5-6-31(34)12(7-9)17(29)32/h3-8,13,16,19,34H,1-2H3,(H2,29,32)/t8-,13-,16-,20+/m1/s1. The van der Waals surface area contributed by atoms with E-state index in [9.17, 15) is 45.5 Å². The number of amides is 2. The van der Waals surface area contributed by atoms with Gasteiger partial charge in [-0.1, -0.05) is 13.0 Å². The molecule has 15 heteroatoms. The molecule has 1 aromatic carbocycles. The molecule has 2 amide bonds. The summed E-state index contributed by atoms with van der Waals surface area (Å²) in [6, 6.07) is 3.04. The maximum atomic E-state index is 14.4. The molecule has 1 aliphatic rings. The number of ether oxygens (including phenoxy) is 2. The van der Waals surface area contributed by atoms with Gasteiger partial charge in [0.15, 0.2) is 17.2 Å². The van der Waals surface area contributed by atoms with Gasteiger partial charge in [-0.3, -0.25) is 9.59 Å². The third kappa shape index (κ3) is 4.74. The summed E-state index contributed by atoms with van der Waals surface area (Å²) in [5.74, 6) is -10.9. The van der Waals surface area contributed by atoms with Crippen molar-refractivity contribution >= 4 is 11.8 Å². The highest BCUT2D eigenvalue weighted by molar-refractivity contribution is 5.91. The van der Waals surface area contributed by atoms with Crippen LogP contribution in [0.15, 0.2) is 35.5 Å². The van der Waals surface area contributed by atoms with Crippen molar-refractivity contribution in [1.82, 2.24) is 4.73 Å². The van der Waals surface area contributed by atoms with Crippen molar-refractivity contribution in [2.75, 3.05) is 0 Å². The summed E-state index contributed by atoms with van der Waals surface area (Å²) in [5, 5.41) is 9.25. The number of halogens is 7. The van der Waals surface area contributed by atoms with Gasteiger partial charge in [-0.2, -0.15) is 31.1 Å². The van der Waals surface area contributed by atoms with E-state index in [1.54, 1.807) is 0 Å². The van der Waals surface area contributed by atoms with E-state index in [1.165, 1.54) is 0 Å². The van der Waals surface area contributed by atoms with E-state index in [0.717, 1.165) is 25.3 Å².